The third kappa shape index (κ3) is 5.01. The van der Waals surface area contributed by atoms with Crippen molar-refractivity contribution in [3.05, 3.63) is 65.9 Å². The van der Waals surface area contributed by atoms with E-state index in [9.17, 15) is 19.2 Å². The summed E-state index contributed by atoms with van der Waals surface area (Å²) >= 11 is 0. The molecule has 37 heavy (non-hydrogen) atoms. The molecule has 3 aromatic rings. The van der Waals surface area contributed by atoms with Crippen molar-refractivity contribution >= 4 is 34.8 Å². The number of aldehydes is 1. The van der Waals surface area contributed by atoms with Crippen molar-refractivity contribution in [2.24, 2.45) is 5.92 Å². The molecule has 2 aromatic carbocycles. The van der Waals surface area contributed by atoms with Crippen molar-refractivity contribution in [3.63, 3.8) is 0 Å². The fraction of sp³-hybridized carbons (Fsp3) is 0.379. The Balaban J connectivity index is 1.40. The Kier molecular flexibility index (Phi) is 7.08. The Bertz CT molecular complexity index is 1320. The normalized spacial score (nSPS) is 22.2. The molecular formula is C29H31N3O5. The number of likely N-dealkylation sites (tertiary alicyclic amines) is 1. The smallest absolute Gasteiger partial charge is 0.271 e. The third-order valence-corrected chi connectivity index (χ3v) is 7.67. The Morgan fingerprint density at radius 3 is 2.70 bits per heavy atom. The number of amides is 2. The number of carbonyl (C=O) groups is 4. The average Bonchev–Trinajstić information content (AvgIpc) is 3.66. The Morgan fingerprint density at radius 1 is 1.19 bits per heavy atom. The van der Waals surface area contributed by atoms with Gasteiger partial charge in [-0.1, -0.05) is 36.4 Å². The van der Waals surface area contributed by atoms with E-state index in [0.29, 0.717) is 43.5 Å². The minimum atomic E-state index is -0.760. The molecule has 2 aliphatic rings. The number of Topliss-reactive ketones (excluding diaryl/α,β-unsaturated/α-hetero) is 1. The number of methoxy groups -OCH3 is 1. The van der Waals surface area contributed by atoms with Crippen molar-refractivity contribution in [3.8, 4) is 5.75 Å². The molecule has 1 aromatic heterocycles. The number of nitrogens with one attached hydrogen (secondary N) is 2. The summed E-state index contributed by atoms with van der Waals surface area (Å²) in [7, 11) is 1.58. The second-order valence-electron chi connectivity index (χ2n) is 9.96. The molecule has 192 valence electrons. The molecule has 2 N–H and O–H groups in total. The highest BCUT2D eigenvalue weighted by Gasteiger charge is 2.41. The first-order valence-corrected chi connectivity index (χ1v) is 12.8. The molecule has 1 saturated carbocycles. The van der Waals surface area contributed by atoms with Crippen LogP contribution in [0.5, 0.6) is 5.75 Å². The molecule has 5 rings (SSSR count). The number of benzene rings is 2. The van der Waals surface area contributed by atoms with Gasteiger partial charge < -0.3 is 24.7 Å². The summed E-state index contributed by atoms with van der Waals surface area (Å²) < 4.78 is 5.43. The minimum absolute atomic E-state index is 0.0223. The van der Waals surface area contributed by atoms with Gasteiger partial charge in [0.1, 0.15) is 29.6 Å². The molecule has 1 saturated heterocycles. The van der Waals surface area contributed by atoms with Gasteiger partial charge >= 0.3 is 0 Å². The highest BCUT2D eigenvalue weighted by molar-refractivity contribution is 6.02. The van der Waals surface area contributed by atoms with E-state index < -0.39 is 12.1 Å². The number of hydrogen-bond acceptors (Lipinski definition) is 5. The fourth-order valence-corrected chi connectivity index (χ4v) is 5.72. The van der Waals surface area contributed by atoms with Gasteiger partial charge in [-0.25, -0.2) is 0 Å². The lowest BCUT2D eigenvalue weighted by Gasteiger charge is -2.25. The largest absolute Gasteiger partial charge is 0.496 e. The fourth-order valence-electron chi connectivity index (χ4n) is 5.72. The molecule has 2 heterocycles. The molecule has 0 radical (unpaired) electrons. The van der Waals surface area contributed by atoms with Crippen LogP contribution in [0.4, 0.5) is 0 Å². The maximum atomic E-state index is 13.7. The highest BCUT2D eigenvalue weighted by Crippen LogP contribution is 2.34. The van der Waals surface area contributed by atoms with Crippen LogP contribution in [0.25, 0.3) is 10.9 Å². The number of aromatic nitrogens is 1. The summed E-state index contributed by atoms with van der Waals surface area (Å²) in [6, 6.07) is 15.6. The number of hydrogen-bond donors (Lipinski definition) is 2. The van der Waals surface area contributed by atoms with Crippen molar-refractivity contribution in [2.45, 2.75) is 50.1 Å². The molecule has 1 aliphatic heterocycles. The zero-order valence-corrected chi connectivity index (χ0v) is 20.8. The summed E-state index contributed by atoms with van der Waals surface area (Å²) in [5.74, 6) is -0.0762. The summed E-state index contributed by atoms with van der Waals surface area (Å²) in [5, 5.41) is 3.61. The van der Waals surface area contributed by atoms with E-state index in [1.165, 1.54) is 0 Å². The Hall–Kier alpha value is -3.94. The SMILES string of the molecule is COc1cccc2[nH]c(C(=O)N3C[C@H](c4ccccc4)C[C@H]3C(=O)N[C@H](C=O)C[C@@H]3CCCC3=O)cc12. The van der Waals surface area contributed by atoms with Crippen LogP contribution < -0.4 is 10.1 Å². The number of aromatic amines is 1. The van der Waals surface area contributed by atoms with E-state index in [1.807, 2.05) is 48.5 Å². The molecule has 4 atom stereocenters. The van der Waals surface area contributed by atoms with Crippen molar-refractivity contribution < 1.29 is 23.9 Å². The number of carbonyl (C=O) groups excluding carboxylic acids is 4. The Labute approximate surface area is 215 Å². The molecule has 2 amide bonds. The first-order valence-electron chi connectivity index (χ1n) is 12.8. The molecule has 0 unspecified atom stereocenters. The molecule has 1 aliphatic carbocycles. The standard InChI is InChI=1S/C29H31N3O5/c1-37-27-12-6-10-23-22(27)15-24(31-23)29(36)32-16-20(18-7-3-2-4-8-18)14-25(32)28(35)30-21(17-33)13-19-9-5-11-26(19)34/h2-4,6-8,10,12,15,17,19-21,25,31H,5,9,11,13-14,16H2,1H3,(H,30,35)/t19-,20+,21-,25-/m0/s1. The zero-order valence-electron chi connectivity index (χ0n) is 20.8. The van der Waals surface area contributed by atoms with Crippen LogP contribution in [0.15, 0.2) is 54.6 Å². The van der Waals surface area contributed by atoms with Crippen molar-refractivity contribution in [1.82, 2.24) is 15.2 Å². The first-order chi connectivity index (χ1) is 18.0. The maximum absolute atomic E-state index is 13.7. The number of fused-ring (bicyclic) bond motifs is 1. The van der Waals surface area contributed by atoms with Crippen molar-refractivity contribution in [1.29, 1.82) is 0 Å². The van der Waals surface area contributed by atoms with Gasteiger partial charge in [-0.2, -0.15) is 0 Å². The van der Waals surface area contributed by atoms with Gasteiger partial charge in [-0.05, 0) is 49.4 Å². The van der Waals surface area contributed by atoms with Gasteiger partial charge in [-0.3, -0.25) is 14.4 Å². The van der Waals surface area contributed by atoms with E-state index in [-0.39, 0.29) is 29.4 Å². The van der Waals surface area contributed by atoms with Gasteiger partial charge in [0.05, 0.1) is 13.2 Å². The predicted molar refractivity (Wildman–Crippen MR) is 138 cm³/mol. The lowest BCUT2D eigenvalue weighted by molar-refractivity contribution is -0.128. The highest BCUT2D eigenvalue weighted by atomic mass is 16.5. The summed E-state index contributed by atoms with van der Waals surface area (Å²) in [6.45, 7) is 0.375. The number of nitrogens with zero attached hydrogens (tertiary/aromatic N) is 1. The van der Waals surface area contributed by atoms with E-state index >= 15 is 0 Å². The third-order valence-electron chi connectivity index (χ3n) is 7.67. The number of rotatable bonds is 8. The summed E-state index contributed by atoms with van der Waals surface area (Å²) in [5.41, 5.74) is 2.19. The zero-order chi connectivity index (χ0) is 25.9. The summed E-state index contributed by atoms with van der Waals surface area (Å²) in [4.78, 5) is 55.9. The van der Waals surface area contributed by atoms with Crippen LogP contribution in [0.1, 0.15) is 54.1 Å². The average molecular weight is 502 g/mol. The molecule has 0 bridgehead atoms. The van der Waals surface area contributed by atoms with Gasteiger partial charge in [-0.15, -0.1) is 0 Å². The molecule has 0 spiro atoms. The monoisotopic (exact) mass is 501 g/mol. The van der Waals surface area contributed by atoms with Gasteiger partial charge in [0.2, 0.25) is 5.91 Å². The van der Waals surface area contributed by atoms with Crippen LogP contribution in [-0.2, 0) is 14.4 Å². The van der Waals surface area contributed by atoms with Crippen LogP contribution in [0, 0.1) is 5.92 Å². The summed E-state index contributed by atoms with van der Waals surface area (Å²) in [6.07, 6.45) is 3.54. The predicted octanol–water partition coefficient (Wildman–Crippen LogP) is 3.62. The van der Waals surface area contributed by atoms with Crippen LogP contribution in [-0.4, -0.2) is 59.5 Å². The number of H-pyrrole nitrogens is 1. The van der Waals surface area contributed by atoms with E-state index in [0.717, 1.165) is 29.3 Å². The Morgan fingerprint density at radius 2 is 2.00 bits per heavy atom. The van der Waals surface area contributed by atoms with E-state index in [1.54, 1.807) is 18.1 Å². The second kappa shape index (κ2) is 10.6. The number of ketones is 1. The van der Waals surface area contributed by atoms with Crippen LogP contribution >= 0.6 is 0 Å². The number of ether oxygens (including phenoxy) is 1. The lowest BCUT2D eigenvalue weighted by atomic mass is 9.95. The lowest BCUT2D eigenvalue weighted by Crippen LogP contribution is -2.49. The van der Waals surface area contributed by atoms with Gasteiger partial charge in [0, 0.05) is 35.7 Å². The van der Waals surface area contributed by atoms with Crippen LogP contribution in [0.3, 0.4) is 0 Å². The van der Waals surface area contributed by atoms with Crippen molar-refractivity contribution in [2.75, 3.05) is 13.7 Å². The maximum Gasteiger partial charge on any atom is 0.271 e. The van der Waals surface area contributed by atoms with Gasteiger partial charge in [0.15, 0.2) is 0 Å². The molecule has 2 fully saturated rings. The quantitative estimate of drug-likeness (QED) is 0.459. The first kappa shape index (κ1) is 24.7. The second-order valence-corrected chi connectivity index (χ2v) is 9.96. The topological polar surface area (TPSA) is 109 Å². The van der Waals surface area contributed by atoms with Crippen LogP contribution in [0.2, 0.25) is 0 Å². The molecule has 8 heteroatoms. The van der Waals surface area contributed by atoms with E-state index in [4.69, 9.17) is 4.74 Å². The minimum Gasteiger partial charge on any atom is -0.496 e. The van der Waals surface area contributed by atoms with Gasteiger partial charge in [0.25, 0.3) is 5.91 Å². The molecule has 8 nitrogen and oxygen atoms in total. The van der Waals surface area contributed by atoms with E-state index in [2.05, 4.69) is 10.3 Å². The molecular weight excluding hydrogens is 470 g/mol.